The van der Waals surface area contributed by atoms with Crippen LogP contribution in [0, 0.1) is 46.1 Å². The zero-order valence-electron chi connectivity index (χ0n) is 15.5. The van der Waals surface area contributed by atoms with Gasteiger partial charge in [0.15, 0.2) is 23.3 Å². The molecule has 1 radical (unpaired) electrons. The van der Waals surface area contributed by atoms with Crippen molar-refractivity contribution in [2.24, 2.45) is 0 Å². The summed E-state index contributed by atoms with van der Waals surface area (Å²) in [6.45, 7) is 0.562. The van der Waals surface area contributed by atoms with Gasteiger partial charge in [0.25, 0.3) is 0 Å². The molecule has 13 heteroatoms. The van der Waals surface area contributed by atoms with Gasteiger partial charge >= 0.3 is 0 Å². The van der Waals surface area contributed by atoms with Gasteiger partial charge in [0, 0.05) is 24.7 Å². The fourth-order valence-electron chi connectivity index (χ4n) is 3.56. The summed E-state index contributed by atoms with van der Waals surface area (Å²) < 4.78 is 115. The van der Waals surface area contributed by atoms with Gasteiger partial charge in [-0.3, -0.25) is 15.1 Å². The van der Waals surface area contributed by atoms with Crippen molar-refractivity contribution in [2.75, 3.05) is 7.05 Å². The van der Waals surface area contributed by atoms with Gasteiger partial charge in [0.1, 0.15) is 27.9 Å². The molecular formula is C18H10F8N3OS. The summed E-state index contributed by atoms with van der Waals surface area (Å²) in [6, 6.07) is 0.197. The highest BCUT2D eigenvalue weighted by Gasteiger charge is 2.58. The Kier molecular flexibility index (Phi) is 5.37. The topological polar surface area (TPSA) is 47.4 Å². The SMILES string of the molecule is CN1C(=N)N(F)[C@](C)(c2c(F)cc(F)cc2F)[C@H](c2c(F)c(F)c([S])c(F)c2F)C1=O. The van der Waals surface area contributed by atoms with Gasteiger partial charge in [-0.1, -0.05) is 17.1 Å². The van der Waals surface area contributed by atoms with E-state index in [1.807, 2.05) is 0 Å². The molecule has 1 heterocycles. The van der Waals surface area contributed by atoms with Crippen LogP contribution < -0.4 is 0 Å². The second-order valence-electron chi connectivity index (χ2n) is 6.83. The first-order chi connectivity index (χ1) is 14.3. The van der Waals surface area contributed by atoms with E-state index in [1.54, 1.807) is 0 Å². The van der Waals surface area contributed by atoms with Gasteiger partial charge in [0.05, 0.1) is 11.5 Å². The van der Waals surface area contributed by atoms with Gasteiger partial charge in [-0.05, 0) is 6.92 Å². The molecule has 2 aromatic carbocycles. The molecule has 0 saturated carbocycles. The summed E-state index contributed by atoms with van der Waals surface area (Å²) in [7, 11) is 0.783. The molecule has 2 aromatic rings. The Bertz CT molecular complexity index is 1090. The number of hydrogen-bond donors (Lipinski definition) is 1. The molecule has 1 fully saturated rings. The van der Waals surface area contributed by atoms with Crippen molar-refractivity contribution in [2.45, 2.75) is 23.3 Å². The third kappa shape index (κ3) is 3.01. The molecule has 0 aromatic heterocycles. The fraction of sp³-hybridized carbons (Fsp3) is 0.222. The number of guanidine groups is 1. The van der Waals surface area contributed by atoms with Crippen molar-refractivity contribution >= 4 is 24.5 Å². The molecule has 0 spiro atoms. The predicted octanol–water partition coefficient (Wildman–Crippen LogP) is 4.81. The normalized spacial score (nSPS) is 21.8. The first kappa shape index (κ1) is 22.7. The van der Waals surface area contributed by atoms with E-state index in [4.69, 9.17) is 5.41 Å². The number of nitrogens with one attached hydrogen (secondary N) is 1. The molecule has 1 saturated heterocycles. The number of amides is 1. The minimum Gasteiger partial charge on any atom is -0.283 e. The average molecular weight is 468 g/mol. The van der Waals surface area contributed by atoms with Gasteiger partial charge < -0.3 is 0 Å². The number of rotatable bonds is 2. The second kappa shape index (κ2) is 7.32. The maximum Gasteiger partial charge on any atom is 0.239 e. The second-order valence-corrected chi connectivity index (χ2v) is 7.23. The number of carbonyl (C=O) groups excluding carboxylic acids is 1. The Morgan fingerprint density at radius 2 is 1.42 bits per heavy atom. The summed E-state index contributed by atoms with van der Waals surface area (Å²) in [5.74, 6) is -19.1. The summed E-state index contributed by atoms with van der Waals surface area (Å²) in [5, 5.41) is 6.97. The Morgan fingerprint density at radius 1 is 0.968 bits per heavy atom. The van der Waals surface area contributed by atoms with E-state index in [-0.39, 0.29) is 17.0 Å². The van der Waals surface area contributed by atoms with Crippen LogP contribution in [-0.2, 0) is 10.3 Å². The summed E-state index contributed by atoms with van der Waals surface area (Å²) in [5.41, 5.74) is -6.22. The van der Waals surface area contributed by atoms with E-state index in [2.05, 4.69) is 12.6 Å². The molecule has 1 N–H and O–H groups in total. The zero-order chi connectivity index (χ0) is 23.6. The third-order valence-corrected chi connectivity index (χ3v) is 5.47. The lowest BCUT2D eigenvalue weighted by Crippen LogP contribution is -2.62. The van der Waals surface area contributed by atoms with Crippen molar-refractivity contribution in [3.05, 3.63) is 64.0 Å². The van der Waals surface area contributed by atoms with Gasteiger partial charge in [0.2, 0.25) is 11.9 Å². The minimum atomic E-state index is -3.11. The quantitative estimate of drug-likeness (QED) is 0.391. The van der Waals surface area contributed by atoms with E-state index < -0.39 is 85.2 Å². The number of benzene rings is 2. The molecule has 3 rings (SSSR count). The Morgan fingerprint density at radius 3 is 1.87 bits per heavy atom. The lowest BCUT2D eigenvalue weighted by atomic mass is 9.72. The van der Waals surface area contributed by atoms with Gasteiger partial charge in [-0.25, -0.2) is 30.7 Å². The maximum absolute atomic E-state index is 15.2. The monoisotopic (exact) mass is 468 g/mol. The smallest absolute Gasteiger partial charge is 0.239 e. The zero-order valence-corrected chi connectivity index (χ0v) is 16.3. The van der Waals surface area contributed by atoms with Crippen molar-refractivity contribution in [1.82, 2.24) is 10.0 Å². The van der Waals surface area contributed by atoms with Gasteiger partial charge in [-0.15, -0.1) is 0 Å². The average Bonchev–Trinajstić information content (AvgIpc) is 2.69. The van der Waals surface area contributed by atoms with Crippen LogP contribution in [-0.4, -0.2) is 28.9 Å². The van der Waals surface area contributed by atoms with Crippen LogP contribution in [0.3, 0.4) is 0 Å². The molecule has 1 aliphatic heterocycles. The Hall–Kier alpha value is -2.96. The number of likely N-dealkylation sites (N-methyl/N-ethyl adjacent to an activating group) is 1. The number of carbonyl (C=O) groups is 1. The molecule has 1 aliphatic rings. The number of halogens is 8. The minimum absolute atomic E-state index is 0.0984. The summed E-state index contributed by atoms with van der Waals surface area (Å²) >= 11 is 4.23. The fourth-order valence-corrected chi connectivity index (χ4v) is 3.74. The molecule has 0 bridgehead atoms. The highest BCUT2D eigenvalue weighted by Crippen LogP contribution is 2.50. The van der Waals surface area contributed by atoms with Crippen molar-refractivity contribution < 1.29 is 40.0 Å². The first-order valence-corrected chi connectivity index (χ1v) is 8.67. The van der Waals surface area contributed by atoms with E-state index in [0.717, 1.165) is 7.05 Å². The largest absolute Gasteiger partial charge is 0.283 e. The van der Waals surface area contributed by atoms with E-state index in [9.17, 15) is 35.5 Å². The molecule has 165 valence electrons. The molecule has 0 aliphatic carbocycles. The van der Waals surface area contributed by atoms with Crippen molar-refractivity contribution in [3.63, 3.8) is 0 Å². The highest BCUT2D eigenvalue weighted by molar-refractivity contribution is 7.80. The summed E-state index contributed by atoms with van der Waals surface area (Å²) in [4.78, 5) is 11.6. The van der Waals surface area contributed by atoms with Crippen LogP contribution in [0.2, 0.25) is 0 Å². The standard InChI is InChI=1S/C18H10F8N3OS/c1-18(9-6(20)3-5(19)4-7(9)21)10(16(30)28(2)17(27)29(18)26)8-11(22)13(24)15(31)14(25)12(8)23/h3-4,10,27H,1-2H3/t10-,18-/m1/s1. The van der Waals surface area contributed by atoms with Crippen molar-refractivity contribution in [3.8, 4) is 0 Å². The molecule has 2 atom stereocenters. The molecule has 4 nitrogen and oxygen atoms in total. The highest BCUT2D eigenvalue weighted by atomic mass is 32.1. The summed E-state index contributed by atoms with van der Waals surface area (Å²) in [6.07, 6.45) is 0. The lowest BCUT2D eigenvalue weighted by molar-refractivity contribution is -0.145. The molecule has 0 unspecified atom stereocenters. The van der Waals surface area contributed by atoms with Crippen LogP contribution in [0.15, 0.2) is 17.0 Å². The van der Waals surface area contributed by atoms with Crippen LogP contribution in [0.25, 0.3) is 0 Å². The maximum atomic E-state index is 15.2. The van der Waals surface area contributed by atoms with Crippen molar-refractivity contribution in [1.29, 1.82) is 5.41 Å². The van der Waals surface area contributed by atoms with E-state index in [0.29, 0.717) is 6.92 Å². The molecule has 31 heavy (non-hydrogen) atoms. The van der Waals surface area contributed by atoms with Crippen LogP contribution in [0.5, 0.6) is 0 Å². The lowest BCUT2D eigenvalue weighted by Gasteiger charge is -2.48. The first-order valence-electron chi connectivity index (χ1n) is 8.26. The van der Waals surface area contributed by atoms with Gasteiger partial charge in [-0.2, -0.15) is 5.12 Å². The third-order valence-electron chi connectivity index (χ3n) is 5.11. The molecular weight excluding hydrogens is 458 g/mol. The molecule has 1 amide bonds. The van der Waals surface area contributed by atoms with E-state index >= 15 is 4.48 Å². The Balaban J connectivity index is 2.48. The number of nitrogens with zero attached hydrogens (tertiary/aromatic N) is 2. The Labute approximate surface area is 174 Å². The van der Waals surface area contributed by atoms with Crippen LogP contribution >= 0.6 is 12.6 Å². The number of hydrogen-bond acceptors (Lipinski definition) is 2. The predicted molar refractivity (Wildman–Crippen MR) is 92.0 cm³/mol. The van der Waals surface area contributed by atoms with Crippen LogP contribution in [0.1, 0.15) is 24.0 Å². The van der Waals surface area contributed by atoms with E-state index in [1.165, 1.54) is 0 Å². The van der Waals surface area contributed by atoms with Crippen LogP contribution in [0.4, 0.5) is 35.2 Å².